The van der Waals surface area contributed by atoms with Crippen molar-refractivity contribution in [2.24, 2.45) is 0 Å². The quantitative estimate of drug-likeness (QED) is 0.704. The minimum absolute atomic E-state index is 0.0199. The standard InChI is InChI=1S/C23H28F2N2O/c1-2-23(28)27(17-19-8-9-20(24)16-22(19)25)21-11-14-26(15-12-21)13-10-18-6-4-3-5-7-18/h3-9,16,21H,2,10-15,17H2,1H3. The van der Waals surface area contributed by atoms with Gasteiger partial charge in [0.05, 0.1) is 0 Å². The van der Waals surface area contributed by atoms with Crippen molar-refractivity contribution >= 4 is 5.91 Å². The van der Waals surface area contributed by atoms with Gasteiger partial charge in [0, 0.05) is 50.3 Å². The third kappa shape index (κ3) is 5.38. The van der Waals surface area contributed by atoms with Gasteiger partial charge in [0.25, 0.3) is 0 Å². The predicted molar refractivity (Wildman–Crippen MR) is 107 cm³/mol. The van der Waals surface area contributed by atoms with Crippen LogP contribution in [0.15, 0.2) is 48.5 Å². The Morgan fingerprint density at radius 2 is 1.82 bits per heavy atom. The second kappa shape index (κ2) is 9.78. The Balaban J connectivity index is 1.57. The number of carbonyl (C=O) groups is 1. The number of hydrogen-bond acceptors (Lipinski definition) is 2. The van der Waals surface area contributed by atoms with Crippen molar-refractivity contribution in [3.05, 3.63) is 71.3 Å². The zero-order valence-corrected chi connectivity index (χ0v) is 16.4. The first-order chi connectivity index (χ1) is 13.6. The van der Waals surface area contributed by atoms with Crippen molar-refractivity contribution in [3.63, 3.8) is 0 Å². The van der Waals surface area contributed by atoms with Gasteiger partial charge >= 0.3 is 0 Å². The van der Waals surface area contributed by atoms with Crippen LogP contribution in [0.5, 0.6) is 0 Å². The first-order valence-corrected chi connectivity index (χ1v) is 10.1. The third-order valence-electron chi connectivity index (χ3n) is 5.54. The lowest BCUT2D eigenvalue weighted by molar-refractivity contribution is -0.135. The Bertz CT molecular complexity index is 773. The Morgan fingerprint density at radius 3 is 2.46 bits per heavy atom. The summed E-state index contributed by atoms with van der Waals surface area (Å²) in [5.41, 5.74) is 1.70. The molecular weight excluding hydrogens is 358 g/mol. The van der Waals surface area contributed by atoms with Crippen molar-refractivity contribution < 1.29 is 13.6 Å². The summed E-state index contributed by atoms with van der Waals surface area (Å²) in [6, 6.07) is 14.1. The van der Waals surface area contributed by atoms with E-state index in [4.69, 9.17) is 0 Å². The van der Waals surface area contributed by atoms with Crippen molar-refractivity contribution in [2.75, 3.05) is 19.6 Å². The Hall–Kier alpha value is -2.27. The molecule has 0 N–H and O–H groups in total. The maximum Gasteiger partial charge on any atom is 0.222 e. The fourth-order valence-corrected chi connectivity index (χ4v) is 3.84. The fourth-order valence-electron chi connectivity index (χ4n) is 3.84. The number of piperidine rings is 1. The average Bonchev–Trinajstić information content (AvgIpc) is 2.72. The van der Waals surface area contributed by atoms with Gasteiger partial charge in [0.1, 0.15) is 11.6 Å². The Kier molecular flexibility index (Phi) is 7.15. The summed E-state index contributed by atoms with van der Waals surface area (Å²) >= 11 is 0. The minimum Gasteiger partial charge on any atom is -0.335 e. The molecule has 1 aliphatic rings. The molecule has 2 aromatic carbocycles. The molecule has 0 atom stereocenters. The van der Waals surface area contributed by atoms with Gasteiger partial charge in [-0.15, -0.1) is 0 Å². The maximum atomic E-state index is 14.1. The van der Waals surface area contributed by atoms with Gasteiger partial charge in [-0.25, -0.2) is 8.78 Å². The normalized spacial score (nSPS) is 15.5. The van der Waals surface area contributed by atoms with Crippen LogP contribution in [0.1, 0.15) is 37.3 Å². The summed E-state index contributed by atoms with van der Waals surface area (Å²) in [6.45, 7) is 4.89. The first kappa shape index (κ1) is 20.5. The number of hydrogen-bond donors (Lipinski definition) is 0. The van der Waals surface area contributed by atoms with Gasteiger partial charge in [-0.2, -0.15) is 0 Å². The number of amides is 1. The van der Waals surface area contributed by atoms with Crippen LogP contribution < -0.4 is 0 Å². The summed E-state index contributed by atoms with van der Waals surface area (Å²) in [5, 5.41) is 0. The molecule has 0 unspecified atom stereocenters. The molecular formula is C23H28F2N2O. The molecule has 0 saturated carbocycles. The van der Waals surface area contributed by atoms with Crippen LogP contribution in [-0.2, 0) is 17.8 Å². The molecule has 2 aromatic rings. The molecule has 0 aromatic heterocycles. The highest BCUT2D eigenvalue weighted by atomic mass is 19.1. The van der Waals surface area contributed by atoms with E-state index in [1.165, 1.54) is 17.7 Å². The second-order valence-corrected chi connectivity index (χ2v) is 7.42. The minimum atomic E-state index is -0.596. The molecule has 1 fully saturated rings. The SMILES string of the molecule is CCC(=O)N(Cc1ccc(F)cc1F)C1CCN(CCc2ccccc2)CC1. The third-order valence-corrected chi connectivity index (χ3v) is 5.54. The van der Waals surface area contributed by atoms with E-state index in [1.54, 1.807) is 4.90 Å². The lowest BCUT2D eigenvalue weighted by Gasteiger charge is -2.38. The molecule has 0 bridgehead atoms. The van der Waals surface area contributed by atoms with Crippen LogP contribution in [-0.4, -0.2) is 41.4 Å². The van der Waals surface area contributed by atoms with Crippen LogP contribution >= 0.6 is 0 Å². The fraction of sp³-hybridized carbons (Fsp3) is 0.435. The molecule has 1 aliphatic heterocycles. The zero-order chi connectivity index (χ0) is 19.9. The van der Waals surface area contributed by atoms with Gasteiger partial charge in [-0.1, -0.05) is 43.3 Å². The molecule has 3 nitrogen and oxygen atoms in total. The van der Waals surface area contributed by atoms with Crippen LogP contribution in [0.3, 0.4) is 0 Å². The predicted octanol–water partition coefficient (Wildman–Crippen LogP) is 4.41. The van der Waals surface area contributed by atoms with Crippen molar-refractivity contribution in [3.8, 4) is 0 Å². The van der Waals surface area contributed by atoms with E-state index in [2.05, 4.69) is 29.2 Å². The van der Waals surface area contributed by atoms with Crippen LogP contribution in [0, 0.1) is 11.6 Å². The first-order valence-electron chi connectivity index (χ1n) is 10.1. The molecule has 0 aliphatic carbocycles. The van der Waals surface area contributed by atoms with Gasteiger partial charge in [0.2, 0.25) is 5.91 Å². The number of halogens is 2. The van der Waals surface area contributed by atoms with Crippen molar-refractivity contribution in [1.29, 1.82) is 0 Å². The van der Waals surface area contributed by atoms with Crippen LogP contribution in [0.2, 0.25) is 0 Å². The molecule has 28 heavy (non-hydrogen) atoms. The smallest absolute Gasteiger partial charge is 0.222 e. The van der Waals surface area contributed by atoms with E-state index in [-0.39, 0.29) is 18.5 Å². The molecule has 1 amide bonds. The molecule has 1 saturated heterocycles. The van der Waals surface area contributed by atoms with E-state index < -0.39 is 11.6 Å². The van der Waals surface area contributed by atoms with Gasteiger partial charge in [-0.3, -0.25) is 4.79 Å². The molecule has 150 valence electrons. The summed E-state index contributed by atoms with van der Waals surface area (Å²) in [6.07, 6.45) is 3.16. The van der Waals surface area contributed by atoms with Gasteiger partial charge in [0.15, 0.2) is 0 Å². The number of benzene rings is 2. The average molecular weight is 386 g/mol. The highest BCUT2D eigenvalue weighted by molar-refractivity contribution is 5.76. The van der Waals surface area contributed by atoms with Crippen molar-refractivity contribution in [1.82, 2.24) is 9.80 Å². The Morgan fingerprint density at radius 1 is 1.11 bits per heavy atom. The molecule has 0 radical (unpaired) electrons. The Labute approximate surface area is 166 Å². The van der Waals surface area contributed by atoms with E-state index in [0.29, 0.717) is 12.0 Å². The lowest BCUT2D eigenvalue weighted by atomic mass is 10.0. The second-order valence-electron chi connectivity index (χ2n) is 7.42. The van der Waals surface area contributed by atoms with Crippen molar-refractivity contribution in [2.45, 2.75) is 45.2 Å². The maximum absolute atomic E-state index is 14.1. The summed E-state index contributed by atoms with van der Waals surface area (Å²) in [5.74, 6) is -1.16. The molecule has 3 rings (SSSR count). The van der Waals surface area contributed by atoms with Crippen LogP contribution in [0.4, 0.5) is 8.78 Å². The number of nitrogens with zero attached hydrogens (tertiary/aromatic N) is 2. The number of rotatable bonds is 7. The van der Waals surface area contributed by atoms with Gasteiger partial charge < -0.3 is 9.80 Å². The summed E-state index contributed by atoms with van der Waals surface area (Å²) in [4.78, 5) is 16.7. The van der Waals surface area contributed by atoms with E-state index in [1.807, 2.05) is 13.0 Å². The summed E-state index contributed by atoms with van der Waals surface area (Å²) < 4.78 is 27.3. The zero-order valence-electron chi connectivity index (χ0n) is 16.4. The topological polar surface area (TPSA) is 23.6 Å². The van der Waals surface area contributed by atoms with Crippen LogP contribution in [0.25, 0.3) is 0 Å². The van der Waals surface area contributed by atoms with Gasteiger partial charge in [-0.05, 0) is 30.9 Å². The van der Waals surface area contributed by atoms with E-state index in [9.17, 15) is 13.6 Å². The highest BCUT2D eigenvalue weighted by Gasteiger charge is 2.27. The lowest BCUT2D eigenvalue weighted by Crippen LogP contribution is -2.47. The largest absolute Gasteiger partial charge is 0.335 e. The number of carbonyl (C=O) groups excluding carboxylic acids is 1. The van der Waals surface area contributed by atoms with E-state index in [0.717, 1.165) is 45.0 Å². The van der Waals surface area contributed by atoms with E-state index >= 15 is 0 Å². The monoisotopic (exact) mass is 386 g/mol. The molecule has 1 heterocycles. The number of likely N-dealkylation sites (tertiary alicyclic amines) is 1. The molecule has 0 spiro atoms. The summed E-state index contributed by atoms with van der Waals surface area (Å²) in [7, 11) is 0. The highest BCUT2D eigenvalue weighted by Crippen LogP contribution is 2.22. The molecule has 5 heteroatoms.